The highest BCUT2D eigenvalue weighted by Gasteiger charge is 2.52. The molecule has 0 aromatic heterocycles. The number of anilines is 1. The van der Waals surface area contributed by atoms with Crippen molar-refractivity contribution < 1.29 is 24.2 Å². The number of benzene rings is 4. The molecule has 1 aliphatic heterocycles. The molecule has 1 unspecified atom stereocenters. The summed E-state index contributed by atoms with van der Waals surface area (Å²) in [6.45, 7) is 9.29. The number of amides is 1. The van der Waals surface area contributed by atoms with Crippen molar-refractivity contribution in [3.8, 4) is 11.5 Å². The minimum atomic E-state index is -2.71. The second kappa shape index (κ2) is 16.2. The Labute approximate surface area is 285 Å². The van der Waals surface area contributed by atoms with E-state index in [0.717, 1.165) is 37.2 Å². The van der Waals surface area contributed by atoms with Crippen molar-refractivity contribution in [1.29, 1.82) is 0 Å². The molecule has 4 aromatic carbocycles. The largest absolute Gasteiger partial charge is 0.534 e. The number of aliphatic hydroxyl groups excluding tert-OH is 1. The summed E-state index contributed by atoms with van der Waals surface area (Å²) >= 11 is 0. The molecular weight excluding hydrogens is 619 g/mol. The second-order valence-electron chi connectivity index (χ2n) is 13.5. The van der Waals surface area contributed by atoms with E-state index in [1.807, 2.05) is 36.4 Å². The van der Waals surface area contributed by atoms with Gasteiger partial charge in [-0.05, 0) is 83.2 Å². The number of carbonyl (C=O) groups is 1. The maximum atomic E-state index is 11.1. The van der Waals surface area contributed by atoms with Gasteiger partial charge in [0.1, 0.15) is 24.2 Å². The second-order valence-corrected chi connectivity index (χ2v) is 17.8. The van der Waals surface area contributed by atoms with Crippen LogP contribution in [0.2, 0.25) is 5.04 Å². The molecule has 4 N–H and O–H groups in total. The molecule has 1 aliphatic rings. The van der Waals surface area contributed by atoms with Crippen molar-refractivity contribution in [1.82, 2.24) is 10.2 Å². The average molecular weight is 668 g/mol. The molecule has 0 spiro atoms. The Kier molecular flexibility index (Phi) is 11.8. The van der Waals surface area contributed by atoms with Gasteiger partial charge in [0, 0.05) is 31.4 Å². The van der Waals surface area contributed by atoms with Crippen molar-refractivity contribution in [2.75, 3.05) is 38.1 Å². The van der Waals surface area contributed by atoms with Gasteiger partial charge in [0.15, 0.2) is 0 Å². The minimum absolute atomic E-state index is 0.132. The topological polar surface area (TPSA) is 103 Å². The predicted molar refractivity (Wildman–Crippen MR) is 195 cm³/mol. The molecule has 48 heavy (non-hydrogen) atoms. The lowest BCUT2D eigenvalue weighted by Gasteiger charge is -2.43. The molecule has 1 amide bonds. The number of carboxylic acid groups (broad SMARTS) is 1. The number of hydrogen-bond acceptors (Lipinski definition) is 6. The van der Waals surface area contributed by atoms with Crippen molar-refractivity contribution in [2.24, 2.45) is 0 Å². The number of hydrogen-bond donors (Lipinski definition) is 4. The molecule has 8 nitrogen and oxygen atoms in total. The fraction of sp³-hybridized carbons (Fsp3) is 0.359. The molecule has 4 aromatic rings. The SMILES string of the molecule is CC(C)(C)[Si](Oc1ccc(OCC(O)CNCCc2ccc(NC3CCN(C(=O)O)CC3)cc2)cc1)(c1ccccc1)c1ccccc1. The van der Waals surface area contributed by atoms with E-state index >= 15 is 0 Å². The first-order valence-corrected chi connectivity index (χ1v) is 18.8. The molecule has 1 fully saturated rings. The van der Waals surface area contributed by atoms with Crippen LogP contribution in [0.25, 0.3) is 0 Å². The molecular formula is C39H49N3O5Si. The molecule has 9 heteroatoms. The molecule has 0 aliphatic carbocycles. The van der Waals surface area contributed by atoms with E-state index in [4.69, 9.17) is 14.3 Å². The third-order valence-electron chi connectivity index (χ3n) is 9.01. The van der Waals surface area contributed by atoms with Crippen LogP contribution >= 0.6 is 0 Å². The van der Waals surface area contributed by atoms with Gasteiger partial charge in [0.25, 0.3) is 0 Å². The minimum Gasteiger partial charge on any atom is -0.534 e. The van der Waals surface area contributed by atoms with Crippen LogP contribution in [0.4, 0.5) is 10.5 Å². The molecule has 0 bridgehead atoms. The summed E-state index contributed by atoms with van der Waals surface area (Å²) in [5.41, 5.74) is 2.26. The summed E-state index contributed by atoms with van der Waals surface area (Å²) in [7, 11) is -2.71. The number of nitrogens with one attached hydrogen (secondary N) is 2. The quantitative estimate of drug-likeness (QED) is 0.100. The highest BCUT2D eigenvalue weighted by Crippen LogP contribution is 2.37. The molecule has 1 saturated heterocycles. The van der Waals surface area contributed by atoms with E-state index in [9.17, 15) is 9.90 Å². The van der Waals surface area contributed by atoms with E-state index in [-0.39, 0.29) is 17.7 Å². The third kappa shape index (κ3) is 8.98. The number of ether oxygens (including phenoxy) is 1. The number of rotatable bonds is 14. The van der Waals surface area contributed by atoms with E-state index in [2.05, 4.69) is 104 Å². The summed E-state index contributed by atoms with van der Waals surface area (Å²) in [4.78, 5) is 12.6. The third-order valence-corrected chi connectivity index (χ3v) is 14.0. The average Bonchev–Trinajstić information content (AvgIpc) is 3.10. The first-order valence-electron chi connectivity index (χ1n) is 16.9. The Hall–Kier alpha value is -4.31. The van der Waals surface area contributed by atoms with Gasteiger partial charge < -0.3 is 34.9 Å². The number of likely N-dealkylation sites (tertiary alicyclic amines) is 1. The van der Waals surface area contributed by atoms with E-state index in [0.29, 0.717) is 25.4 Å². The normalized spacial score (nSPS) is 14.7. The number of aliphatic hydroxyl groups is 1. The smallest absolute Gasteiger partial charge is 0.407 e. The number of piperidine rings is 1. The highest BCUT2D eigenvalue weighted by atomic mass is 28.4. The molecule has 1 heterocycles. The summed E-state index contributed by atoms with van der Waals surface area (Å²) in [5, 5.41) is 28.8. The number of nitrogens with zero attached hydrogens (tertiary/aromatic N) is 1. The van der Waals surface area contributed by atoms with Crippen LogP contribution in [-0.4, -0.2) is 74.5 Å². The van der Waals surface area contributed by atoms with E-state index in [1.54, 1.807) is 0 Å². The van der Waals surface area contributed by atoms with Crippen molar-refractivity contribution >= 4 is 30.5 Å². The fourth-order valence-electron chi connectivity index (χ4n) is 6.40. The molecule has 0 saturated carbocycles. The van der Waals surface area contributed by atoms with Gasteiger partial charge in [-0.1, -0.05) is 93.6 Å². The Morgan fingerprint density at radius 2 is 1.42 bits per heavy atom. The first kappa shape index (κ1) is 35.0. The zero-order valence-corrected chi connectivity index (χ0v) is 29.3. The lowest BCUT2D eigenvalue weighted by Crippen LogP contribution is -2.68. The van der Waals surface area contributed by atoms with E-state index in [1.165, 1.54) is 20.8 Å². The van der Waals surface area contributed by atoms with Gasteiger partial charge in [-0.3, -0.25) is 0 Å². The Bertz CT molecular complexity index is 1520. The van der Waals surface area contributed by atoms with Crippen LogP contribution in [0, 0.1) is 0 Å². The lowest BCUT2D eigenvalue weighted by molar-refractivity contribution is 0.106. The van der Waals surface area contributed by atoms with Crippen LogP contribution in [0.5, 0.6) is 11.5 Å². The summed E-state index contributed by atoms with van der Waals surface area (Å²) in [5.74, 6) is 1.48. The maximum absolute atomic E-state index is 11.1. The molecule has 254 valence electrons. The van der Waals surface area contributed by atoms with Crippen LogP contribution in [-0.2, 0) is 6.42 Å². The standard InChI is InChI=1S/C39H49N3O5Si/c1-39(2,3)48(36-10-6-4-7-11-36,37-12-8-5-9-13-37)47-35-20-18-34(19-21-35)46-29-33(43)28-40-25-22-30-14-16-31(17-15-30)41-32-23-26-42(27-24-32)38(44)45/h4-21,32-33,40-41,43H,22-29H2,1-3H3,(H,44,45). The van der Waals surface area contributed by atoms with Crippen LogP contribution < -0.4 is 30.2 Å². The maximum Gasteiger partial charge on any atom is 0.407 e. The zero-order valence-electron chi connectivity index (χ0n) is 28.3. The van der Waals surface area contributed by atoms with E-state index < -0.39 is 20.5 Å². The summed E-state index contributed by atoms with van der Waals surface area (Å²) in [6.07, 6.45) is 0.990. The fourth-order valence-corrected chi connectivity index (χ4v) is 10.8. The summed E-state index contributed by atoms with van der Waals surface area (Å²) < 4.78 is 13.0. The highest BCUT2D eigenvalue weighted by molar-refractivity contribution is 7.00. The van der Waals surface area contributed by atoms with Gasteiger partial charge in [-0.25, -0.2) is 4.79 Å². The van der Waals surface area contributed by atoms with Gasteiger partial charge in [0.2, 0.25) is 0 Å². The van der Waals surface area contributed by atoms with Gasteiger partial charge >= 0.3 is 14.4 Å². The van der Waals surface area contributed by atoms with Crippen molar-refractivity contribution in [2.45, 2.75) is 57.2 Å². The van der Waals surface area contributed by atoms with Crippen molar-refractivity contribution in [3.05, 3.63) is 115 Å². The van der Waals surface area contributed by atoms with Crippen LogP contribution in [0.15, 0.2) is 109 Å². The Balaban J connectivity index is 1.07. The van der Waals surface area contributed by atoms with Crippen LogP contribution in [0.1, 0.15) is 39.2 Å². The molecule has 1 atom stereocenters. The zero-order chi connectivity index (χ0) is 34.0. The molecule has 5 rings (SSSR count). The van der Waals surface area contributed by atoms with Gasteiger partial charge in [-0.15, -0.1) is 0 Å². The van der Waals surface area contributed by atoms with Gasteiger partial charge in [0.05, 0.1) is 0 Å². The Morgan fingerprint density at radius 1 is 0.854 bits per heavy atom. The van der Waals surface area contributed by atoms with Crippen LogP contribution in [0.3, 0.4) is 0 Å². The monoisotopic (exact) mass is 667 g/mol. The lowest BCUT2D eigenvalue weighted by atomic mass is 10.0. The summed E-state index contributed by atoms with van der Waals surface area (Å²) in [6, 6.07) is 37.6. The van der Waals surface area contributed by atoms with Crippen molar-refractivity contribution in [3.63, 3.8) is 0 Å². The molecule has 0 radical (unpaired) electrons. The Morgan fingerprint density at radius 3 is 1.96 bits per heavy atom. The van der Waals surface area contributed by atoms with Gasteiger partial charge in [-0.2, -0.15) is 0 Å². The first-order chi connectivity index (χ1) is 23.1. The predicted octanol–water partition coefficient (Wildman–Crippen LogP) is 5.75.